The Morgan fingerprint density at radius 2 is 2.29 bits per heavy atom. The predicted molar refractivity (Wildman–Crippen MR) is 65.7 cm³/mol. The number of pyridine rings is 1. The van der Waals surface area contributed by atoms with E-state index in [1.165, 1.54) is 0 Å². The van der Waals surface area contributed by atoms with Crippen LogP contribution in [0, 0.1) is 6.92 Å². The molecule has 0 aliphatic rings. The van der Waals surface area contributed by atoms with Crippen LogP contribution in [0.25, 0.3) is 0 Å². The maximum absolute atomic E-state index is 11.7. The van der Waals surface area contributed by atoms with Gasteiger partial charge in [-0.1, -0.05) is 6.07 Å². The molecule has 0 fully saturated rings. The SMILES string of the molecule is [CH2]CNc1ncc(Cc2cccnc2)c(=O)[nH]1. The lowest BCUT2D eigenvalue weighted by Crippen LogP contribution is -2.17. The number of hydrogen-bond donors (Lipinski definition) is 2. The van der Waals surface area contributed by atoms with Crippen LogP contribution in [0.2, 0.25) is 0 Å². The molecular formula is C12H13N4O. The highest BCUT2D eigenvalue weighted by Crippen LogP contribution is 2.03. The van der Waals surface area contributed by atoms with Crippen molar-refractivity contribution in [3.63, 3.8) is 0 Å². The minimum absolute atomic E-state index is 0.139. The zero-order valence-corrected chi connectivity index (χ0v) is 9.31. The minimum atomic E-state index is -0.139. The van der Waals surface area contributed by atoms with Gasteiger partial charge in [-0.05, 0) is 18.6 Å². The number of nitrogens with one attached hydrogen (secondary N) is 2. The number of hydrogen-bond acceptors (Lipinski definition) is 4. The summed E-state index contributed by atoms with van der Waals surface area (Å²) in [5.41, 5.74) is 1.46. The third-order valence-electron chi connectivity index (χ3n) is 2.28. The lowest BCUT2D eigenvalue weighted by atomic mass is 10.1. The van der Waals surface area contributed by atoms with Crippen molar-refractivity contribution >= 4 is 5.95 Å². The molecule has 0 amide bonds. The molecule has 87 valence electrons. The fraction of sp³-hybridized carbons (Fsp3) is 0.167. The smallest absolute Gasteiger partial charge is 0.255 e. The van der Waals surface area contributed by atoms with Gasteiger partial charge < -0.3 is 5.32 Å². The summed E-state index contributed by atoms with van der Waals surface area (Å²) in [6.07, 6.45) is 5.54. The van der Waals surface area contributed by atoms with E-state index in [2.05, 4.69) is 27.2 Å². The van der Waals surface area contributed by atoms with E-state index in [1.54, 1.807) is 18.6 Å². The van der Waals surface area contributed by atoms with Crippen molar-refractivity contribution in [1.82, 2.24) is 15.0 Å². The summed E-state index contributed by atoms with van der Waals surface area (Å²) in [6.45, 7) is 4.10. The number of anilines is 1. The van der Waals surface area contributed by atoms with Gasteiger partial charge in [0.2, 0.25) is 5.95 Å². The molecule has 2 aromatic rings. The van der Waals surface area contributed by atoms with Gasteiger partial charge in [0, 0.05) is 37.1 Å². The first-order valence-electron chi connectivity index (χ1n) is 5.30. The zero-order valence-electron chi connectivity index (χ0n) is 9.31. The molecule has 2 heterocycles. The van der Waals surface area contributed by atoms with Crippen LogP contribution in [0.1, 0.15) is 11.1 Å². The highest BCUT2D eigenvalue weighted by molar-refractivity contribution is 5.27. The molecule has 2 aromatic heterocycles. The topological polar surface area (TPSA) is 70.7 Å². The first-order chi connectivity index (χ1) is 8.29. The van der Waals surface area contributed by atoms with Crippen LogP contribution in [-0.2, 0) is 6.42 Å². The summed E-state index contributed by atoms with van der Waals surface area (Å²) >= 11 is 0. The standard InChI is InChI=1S/C12H13N4O/c1-2-14-12-15-8-10(11(17)16-12)6-9-4-3-5-13-7-9/h3-5,7-8H,1-2,6H2,(H2,14,15,16,17). The van der Waals surface area contributed by atoms with Crippen LogP contribution in [0.3, 0.4) is 0 Å². The maximum Gasteiger partial charge on any atom is 0.255 e. The van der Waals surface area contributed by atoms with Crippen molar-refractivity contribution in [2.45, 2.75) is 6.42 Å². The van der Waals surface area contributed by atoms with Crippen LogP contribution in [0.15, 0.2) is 35.5 Å². The second-order valence-corrected chi connectivity index (χ2v) is 3.55. The number of rotatable bonds is 4. The van der Waals surface area contributed by atoms with Crippen LogP contribution in [0.4, 0.5) is 5.95 Å². The van der Waals surface area contributed by atoms with Crippen molar-refractivity contribution in [2.24, 2.45) is 0 Å². The average molecular weight is 229 g/mol. The second-order valence-electron chi connectivity index (χ2n) is 3.55. The van der Waals surface area contributed by atoms with Gasteiger partial charge >= 0.3 is 0 Å². The molecule has 0 saturated carbocycles. The van der Waals surface area contributed by atoms with Crippen molar-refractivity contribution in [1.29, 1.82) is 0 Å². The van der Waals surface area contributed by atoms with Gasteiger partial charge in [0.15, 0.2) is 0 Å². The Morgan fingerprint density at radius 3 is 2.94 bits per heavy atom. The molecule has 0 unspecified atom stereocenters. The molecule has 0 atom stereocenters. The highest BCUT2D eigenvalue weighted by atomic mass is 16.1. The van der Waals surface area contributed by atoms with E-state index in [0.29, 0.717) is 24.5 Å². The Bertz CT molecular complexity index is 536. The van der Waals surface area contributed by atoms with Crippen LogP contribution in [0.5, 0.6) is 0 Å². The molecule has 0 bridgehead atoms. The molecule has 2 rings (SSSR count). The summed E-state index contributed by atoms with van der Waals surface area (Å²) in [4.78, 5) is 22.5. The largest absolute Gasteiger partial charge is 0.356 e. The van der Waals surface area contributed by atoms with Gasteiger partial charge in [-0.25, -0.2) is 4.98 Å². The number of nitrogens with zero attached hydrogens (tertiary/aromatic N) is 2. The molecule has 5 heteroatoms. The molecule has 17 heavy (non-hydrogen) atoms. The van der Waals surface area contributed by atoms with Gasteiger partial charge in [0.1, 0.15) is 0 Å². The first-order valence-corrected chi connectivity index (χ1v) is 5.30. The monoisotopic (exact) mass is 229 g/mol. The van der Waals surface area contributed by atoms with E-state index in [0.717, 1.165) is 5.56 Å². The maximum atomic E-state index is 11.7. The summed E-state index contributed by atoms with van der Waals surface area (Å²) in [5, 5.41) is 2.85. The average Bonchev–Trinajstić information content (AvgIpc) is 2.34. The Balaban J connectivity index is 2.20. The van der Waals surface area contributed by atoms with E-state index in [1.807, 2.05) is 12.1 Å². The molecule has 5 nitrogen and oxygen atoms in total. The fourth-order valence-corrected chi connectivity index (χ4v) is 1.48. The van der Waals surface area contributed by atoms with E-state index < -0.39 is 0 Å². The third kappa shape index (κ3) is 2.90. The van der Waals surface area contributed by atoms with E-state index in [-0.39, 0.29) is 5.56 Å². The van der Waals surface area contributed by atoms with Crippen molar-refractivity contribution in [2.75, 3.05) is 11.9 Å². The van der Waals surface area contributed by atoms with Crippen molar-refractivity contribution in [3.8, 4) is 0 Å². The lowest BCUT2D eigenvalue weighted by Gasteiger charge is -2.03. The van der Waals surface area contributed by atoms with Crippen LogP contribution in [-0.4, -0.2) is 21.5 Å². The first kappa shape index (κ1) is 11.3. The molecule has 2 N–H and O–H groups in total. The second kappa shape index (κ2) is 5.25. The summed E-state index contributed by atoms with van der Waals surface area (Å²) < 4.78 is 0. The highest BCUT2D eigenvalue weighted by Gasteiger charge is 2.03. The van der Waals surface area contributed by atoms with Gasteiger partial charge in [-0.15, -0.1) is 0 Å². The Morgan fingerprint density at radius 1 is 1.41 bits per heavy atom. The minimum Gasteiger partial charge on any atom is -0.356 e. The predicted octanol–water partition coefficient (Wildman–Crippen LogP) is 1.00. The Hall–Kier alpha value is -2.17. The number of H-pyrrole nitrogens is 1. The van der Waals surface area contributed by atoms with Crippen molar-refractivity contribution in [3.05, 3.63) is 59.1 Å². The molecule has 1 radical (unpaired) electrons. The van der Waals surface area contributed by atoms with Crippen LogP contribution >= 0.6 is 0 Å². The van der Waals surface area contributed by atoms with Gasteiger partial charge in [0.25, 0.3) is 5.56 Å². The molecule has 0 aromatic carbocycles. The van der Waals surface area contributed by atoms with E-state index in [9.17, 15) is 4.79 Å². The molecule has 0 spiro atoms. The molecule has 0 saturated heterocycles. The van der Waals surface area contributed by atoms with Crippen molar-refractivity contribution < 1.29 is 0 Å². The zero-order chi connectivity index (χ0) is 12.1. The summed E-state index contributed by atoms with van der Waals surface area (Å²) in [5.74, 6) is 0.444. The Kier molecular flexibility index (Phi) is 3.49. The fourth-order valence-electron chi connectivity index (χ4n) is 1.48. The third-order valence-corrected chi connectivity index (χ3v) is 2.28. The normalized spacial score (nSPS) is 10.2. The number of aromatic amines is 1. The molecular weight excluding hydrogens is 216 g/mol. The molecule has 0 aliphatic heterocycles. The molecule has 0 aliphatic carbocycles. The van der Waals surface area contributed by atoms with Gasteiger partial charge in [-0.2, -0.15) is 0 Å². The van der Waals surface area contributed by atoms with Crippen LogP contribution < -0.4 is 10.9 Å². The van der Waals surface area contributed by atoms with E-state index in [4.69, 9.17) is 0 Å². The van der Waals surface area contributed by atoms with Gasteiger partial charge in [-0.3, -0.25) is 14.8 Å². The Labute approximate surface area is 99.0 Å². The summed E-state index contributed by atoms with van der Waals surface area (Å²) in [6, 6.07) is 3.77. The summed E-state index contributed by atoms with van der Waals surface area (Å²) in [7, 11) is 0. The quantitative estimate of drug-likeness (QED) is 0.820. The number of aromatic nitrogens is 3. The van der Waals surface area contributed by atoms with Gasteiger partial charge in [0.05, 0.1) is 0 Å². The van der Waals surface area contributed by atoms with E-state index >= 15 is 0 Å². The lowest BCUT2D eigenvalue weighted by molar-refractivity contribution is 1.01.